The van der Waals surface area contributed by atoms with Gasteiger partial charge in [-0.2, -0.15) is 0 Å². The van der Waals surface area contributed by atoms with Crippen LogP contribution in [0, 0.1) is 11.3 Å². The fraction of sp³-hybridized carbons (Fsp3) is 0.929. The Labute approximate surface area is 123 Å². The Morgan fingerprint density at radius 3 is 2.74 bits per heavy atom. The average molecular weight is 293 g/mol. The van der Waals surface area contributed by atoms with Crippen molar-refractivity contribution < 1.29 is 9.90 Å². The number of piperidine rings is 1. The SMILES string of the molecule is C[C@H]1C[C@@H](C(=O)NCC(C)(C)CCCO)CCN1.Cl. The number of carbonyl (C=O) groups is 1. The van der Waals surface area contributed by atoms with E-state index in [1.807, 2.05) is 0 Å². The molecule has 0 spiro atoms. The highest BCUT2D eigenvalue weighted by atomic mass is 35.5. The lowest BCUT2D eigenvalue weighted by Crippen LogP contribution is -2.44. The van der Waals surface area contributed by atoms with Crippen molar-refractivity contribution in [3.63, 3.8) is 0 Å². The molecule has 0 aromatic heterocycles. The average Bonchev–Trinajstić information content (AvgIpc) is 2.34. The van der Waals surface area contributed by atoms with Crippen molar-refractivity contribution in [2.24, 2.45) is 11.3 Å². The standard InChI is InChI=1S/C14H28N2O2.ClH/c1-11-9-12(5-7-15-11)13(18)16-10-14(2,3)6-4-8-17;/h11-12,15,17H,4-10H2,1-3H3,(H,16,18);1H/t11-,12-;/m0./s1. The molecule has 0 aromatic rings. The van der Waals surface area contributed by atoms with Gasteiger partial charge in [-0.05, 0) is 44.6 Å². The second-order valence-corrected chi connectivity index (χ2v) is 6.29. The topological polar surface area (TPSA) is 61.4 Å². The molecule has 0 bridgehead atoms. The Bertz CT molecular complexity index is 272. The first-order valence-electron chi connectivity index (χ1n) is 7.06. The van der Waals surface area contributed by atoms with Gasteiger partial charge in [0.2, 0.25) is 5.91 Å². The highest BCUT2D eigenvalue weighted by molar-refractivity contribution is 5.85. The van der Waals surface area contributed by atoms with Crippen molar-refractivity contribution in [1.29, 1.82) is 0 Å². The predicted octanol–water partition coefficient (Wildman–Crippen LogP) is 1.71. The van der Waals surface area contributed by atoms with Crippen molar-refractivity contribution >= 4 is 18.3 Å². The third-order valence-electron chi connectivity index (χ3n) is 3.75. The number of aliphatic hydroxyl groups is 1. The van der Waals surface area contributed by atoms with E-state index >= 15 is 0 Å². The molecule has 1 saturated heterocycles. The van der Waals surface area contributed by atoms with E-state index in [2.05, 4.69) is 31.4 Å². The number of amides is 1. The second-order valence-electron chi connectivity index (χ2n) is 6.29. The van der Waals surface area contributed by atoms with Crippen LogP contribution in [-0.4, -0.2) is 36.8 Å². The zero-order valence-corrected chi connectivity index (χ0v) is 13.2. The summed E-state index contributed by atoms with van der Waals surface area (Å²) >= 11 is 0. The third kappa shape index (κ3) is 7.14. The minimum atomic E-state index is 0. The Morgan fingerprint density at radius 2 is 2.16 bits per heavy atom. The number of halogens is 1. The lowest BCUT2D eigenvalue weighted by Gasteiger charge is -2.29. The van der Waals surface area contributed by atoms with E-state index in [9.17, 15) is 4.79 Å². The van der Waals surface area contributed by atoms with Crippen molar-refractivity contribution in [2.75, 3.05) is 19.7 Å². The fourth-order valence-electron chi connectivity index (χ4n) is 2.49. The van der Waals surface area contributed by atoms with Gasteiger partial charge in [0.15, 0.2) is 0 Å². The molecule has 19 heavy (non-hydrogen) atoms. The van der Waals surface area contributed by atoms with Crippen molar-refractivity contribution in [1.82, 2.24) is 10.6 Å². The van der Waals surface area contributed by atoms with Crippen LogP contribution >= 0.6 is 12.4 Å². The molecule has 1 rings (SSSR count). The van der Waals surface area contributed by atoms with Crippen LogP contribution in [0.4, 0.5) is 0 Å². The summed E-state index contributed by atoms with van der Waals surface area (Å²) in [5.41, 5.74) is 0.0664. The Balaban J connectivity index is 0.00000324. The molecule has 1 aliphatic heterocycles. The zero-order chi connectivity index (χ0) is 13.6. The number of carbonyl (C=O) groups excluding carboxylic acids is 1. The molecule has 1 fully saturated rings. The van der Waals surface area contributed by atoms with E-state index in [0.29, 0.717) is 12.6 Å². The molecule has 114 valence electrons. The van der Waals surface area contributed by atoms with E-state index in [1.54, 1.807) is 0 Å². The number of rotatable bonds is 6. The van der Waals surface area contributed by atoms with Crippen LogP contribution in [0.5, 0.6) is 0 Å². The highest BCUT2D eigenvalue weighted by Crippen LogP contribution is 2.22. The summed E-state index contributed by atoms with van der Waals surface area (Å²) in [6.07, 6.45) is 3.61. The van der Waals surface area contributed by atoms with E-state index in [0.717, 1.165) is 32.2 Å². The number of hydrogen-bond donors (Lipinski definition) is 3. The van der Waals surface area contributed by atoms with Crippen molar-refractivity contribution in [2.45, 2.75) is 52.5 Å². The zero-order valence-electron chi connectivity index (χ0n) is 12.4. The van der Waals surface area contributed by atoms with Crippen molar-refractivity contribution in [3.05, 3.63) is 0 Å². The molecule has 1 heterocycles. The van der Waals surface area contributed by atoms with E-state index < -0.39 is 0 Å². The van der Waals surface area contributed by atoms with Gasteiger partial charge in [-0.1, -0.05) is 13.8 Å². The van der Waals surface area contributed by atoms with Gasteiger partial charge in [-0.25, -0.2) is 0 Å². The maximum Gasteiger partial charge on any atom is 0.223 e. The molecule has 0 saturated carbocycles. The number of nitrogens with one attached hydrogen (secondary N) is 2. The number of hydrogen-bond acceptors (Lipinski definition) is 3. The minimum absolute atomic E-state index is 0. The van der Waals surface area contributed by atoms with Crippen LogP contribution in [0.15, 0.2) is 0 Å². The third-order valence-corrected chi connectivity index (χ3v) is 3.75. The summed E-state index contributed by atoms with van der Waals surface area (Å²) in [7, 11) is 0. The summed E-state index contributed by atoms with van der Waals surface area (Å²) in [5, 5.41) is 15.3. The van der Waals surface area contributed by atoms with Crippen LogP contribution in [0.1, 0.15) is 46.5 Å². The maximum absolute atomic E-state index is 12.1. The largest absolute Gasteiger partial charge is 0.396 e. The molecule has 0 unspecified atom stereocenters. The van der Waals surface area contributed by atoms with Crippen LogP contribution in [0.3, 0.4) is 0 Å². The molecule has 1 amide bonds. The van der Waals surface area contributed by atoms with Gasteiger partial charge in [-0.3, -0.25) is 4.79 Å². The smallest absolute Gasteiger partial charge is 0.223 e. The maximum atomic E-state index is 12.1. The van der Waals surface area contributed by atoms with Gasteiger partial charge in [0.05, 0.1) is 0 Å². The van der Waals surface area contributed by atoms with Crippen LogP contribution in [0.2, 0.25) is 0 Å². The molecule has 0 radical (unpaired) electrons. The molecule has 1 aliphatic rings. The molecule has 4 nitrogen and oxygen atoms in total. The first-order chi connectivity index (χ1) is 8.44. The molecular formula is C14H29ClN2O2. The molecule has 0 aliphatic carbocycles. The van der Waals surface area contributed by atoms with Crippen LogP contribution < -0.4 is 10.6 Å². The lowest BCUT2D eigenvalue weighted by molar-refractivity contribution is -0.126. The normalized spacial score (nSPS) is 23.6. The van der Waals surface area contributed by atoms with Gasteiger partial charge in [0, 0.05) is 25.1 Å². The Morgan fingerprint density at radius 1 is 1.47 bits per heavy atom. The van der Waals surface area contributed by atoms with Gasteiger partial charge >= 0.3 is 0 Å². The fourth-order valence-corrected chi connectivity index (χ4v) is 2.49. The second kappa shape index (κ2) is 8.77. The summed E-state index contributed by atoms with van der Waals surface area (Å²) in [5.74, 6) is 0.357. The first kappa shape index (κ1) is 18.7. The minimum Gasteiger partial charge on any atom is -0.396 e. The molecular weight excluding hydrogens is 264 g/mol. The van der Waals surface area contributed by atoms with Crippen LogP contribution in [-0.2, 0) is 4.79 Å². The van der Waals surface area contributed by atoms with Gasteiger partial charge in [0.25, 0.3) is 0 Å². The lowest BCUT2D eigenvalue weighted by atomic mass is 9.87. The monoisotopic (exact) mass is 292 g/mol. The summed E-state index contributed by atoms with van der Waals surface area (Å²) < 4.78 is 0. The summed E-state index contributed by atoms with van der Waals surface area (Å²) in [6, 6.07) is 0.442. The Kier molecular flexibility index (Phi) is 8.62. The van der Waals surface area contributed by atoms with Gasteiger partial charge in [-0.15, -0.1) is 12.4 Å². The summed E-state index contributed by atoms with van der Waals surface area (Å²) in [4.78, 5) is 12.1. The van der Waals surface area contributed by atoms with Crippen molar-refractivity contribution in [3.8, 4) is 0 Å². The predicted molar refractivity (Wildman–Crippen MR) is 80.5 cm³/mol. The first-order valence-corrected chi connectivity index (χ1v) is 7.06. The molecule has 0 aromatic carbocycles. The van der Waals surface area contributed by atoms with Gasteiger partial charge < -0.3 is 15.7 Å². The molecule has 3 N–H and O–H groups in total. The van der Waals surface area contributed by atoms with Crippen LogP contribution in [0.25, 0.3) is 0 Å². The Hall–Kier alpha value is -0.320. The highest BCUT2D eigenvalue weighted by Gasteiger charge is 2.26. The molecule has 2 atom stereocenters. The summed E-state index contributed by atoms with van der Waals surface area (Å²) in [6.45, 7) is 8.26. The van der Waals surface area contributed by atoms with Gasteiger partial charge in [0.1, 0.15) is 0 Å². The van der Waals surface area contributed by atoms with E-state index in [-0.39, 0.29) is 36.3 Å². The number of aliphatic hydroxyl groups excluding tert-OH is 1. The molecule has 5 heteroatoms. The quantitative estimate of drug-likeness (QED) is 0.698. The van der Waals surface area contributed by atoms with E-state index in [4.69, 9.17) is 5.11 Å². The van der Waals surface area contributed by atoms with E-state index in [1.165, 1.54) is 0 Å².